The molecule has 0 fully saturated rings. The highest BCUT2D eigenvalue weighted by atomic mass is 13.9. The highest BCUT2D eigenvalue weighted by molar-refractivity contribution is 5.20. The van der Waals surface area contributed by atoms with E-state index in [0.29, 0.717) is 0 Å². The van der Waals surface area contributed by atoms with Crippen LogP contribution in [0.3, 0.4) is 0 Å². The van der Waals surface area contributed by atoms with Crippen molar-refractivity contribution < 1.29 is 0 Å². The predicted molar refractivity (Wildman–Crippen MR) is 57.4 cm³/mol. The fraction of sp³-hybridized carbons (Fsp3) is 0.385. The Balaban J connectivity index is 2.29. The molecule has 0 saturated carbocycles. The van der Waals surface area contributed by atoms with Gasteiger partial charge in [0.25, 0.3) is 0 Å². The maximum atomic E-state index is 3.19. The molecule has 1 rings (SSSR count). The monoisotopic (exact) mass is 172 g/mol. The fourth-order valence-corrected chi connectivity index (χ4v) is 1.11. The van der Waals surface area contributed by atoms with E-state index < -0.39 is 0 Å². The zero-order chi connectivity index (χ0) is 9.36. The van der Waals surface area contributed by atoms with Gasteiger partial charge in [-0.2, -0.15) is 0 Å². The first-order chi connectivity index (χ1) is 6.43. The van der Waals surface area contributed by atoms with Gasteiger partial charge in [0.05, 0.1) is 0 Å². The molecule has 0 aliphatic rings. The maximum absolute atomic E-state index is 3.19. The lowest BCUT2D eigenvalue weighted by Gasteiger charge is -1.91. The van der Waals surface area contributed by atoms with Crippen molar-refractivity contribution in [3.05, 3.63) is 35.9 Å². The molecule has 1 aromatic carbocycles. The van der Waals surface area contributed by atoms with Crippen LogP contribution in [0.25, 0.3) is 0 Å². The van der Waals surface area contributed by atoms with Crippen LogP contribution in [0.5, 0.6) is 0 Å². The number of hydrogen-bond donors (Lipinski definition) is 0. The summed E-state index contributed by atoms with van der Waals surface area (Å²) >= 11 is 0. The second-order valence-electron chi connectivity index (χ2n) is 3.12. The third-order valence-corrected chi connectivity index (χ3v) is 1.92. The predicted octanol–water partition coefficient (Wildman–Crippen LogP) is 3.42. The average Bonchev–Trinajstić information content (AvgIpc) is 2.19. The molecule has 0 radical (unpaired) electrons. The second-order valence-corrected chi connectivity index (χ2v) is 3.12. The molecule has 0 saturated heterocycles. The van der Waals surface area contributed by atoms with E-state index in [0.717, 1.165) is 12.8 Å². The number of hydrogen-bond acceptors (Lipinski definition) is 0. The van der Waals surface area contributed by atoms with Gasteiger partial charge in [0.2, 0.25) is 0 Å². The van der Waals surface area contributed by atoms with Gasteiger partial charge in [-0.15, -0.1) is 5.92 Å². The lowest BCUT2D eigenvalue weighted by atomic mass is 10.1. The van der Waals surface area contributed by atoms with Crippen molar-refractivity contribution in [1.29, 1.82) is 0 Å². The smallest absolute Gasteiger partial charge is 0.0340 e. The first-order valence-electron chi connectivity index (χ1n) is 4.93. The minimum absolute atomic E-state index is 0.893. The first kappa shape index (κ1) is 9.86. The Kier molecular flexibility index (Phi) is 4.79. The van der Waals surface area contributed by atoms with Crippen LogP contribution in [0, 0.1) is 11.8 Å². The summed E-state index contributed by atoms with van der Waals surface area (Å²) in [5, 5.41) is 0. The summed E-state index contributed by atoms with van der Waals surface area (Å²) in [6.45, 7) is 2.19. The van der Waals surface area contributed by atoms with Crippen molar-refractivity contribution in [1.82, 2.24) is 0 Å². The summed E-state index contributed by atoms with van der Waals surface area (Å²) in [5.41, 5.74) is 1.31. The summed E-state index contributed by atoms with van der Waals surface area (Å²) in [4.78, 5) is 0. The molecular formula is C13H16. The molecule has 0 N–H and O–H groups in total. The van der Waals surface area contributed by atoms with E-state index in [1.54, 1.807) is 0 Å². The second kappa shape index (κ2) is 6.31. The molecule has 0 aromatic heterocycles. The zero-order valence-electron chi connectivity index (χ0n) is 8.22. The van der Waals surface area contributed by atoms with Crippen LogP contribution in [0.4, 0.5) is 0 Å². The minimum atomic E-state index is 0.893. The molecule has 0 amide bonds. The van der Waals surface area contributed by atoms with E-state index in [-0.39, 0.29) is 0 Å². The van der Waals surface area contributed by atoms with Crippen LogP contribution in [0.1, 0.15) is 31.7 Å². The molecule has 0 atom stereocenters. The summed E-state index contributed by atoms with van der Waals surface area (Å²) in [5.74, 6) is 6.37. The molecule has 13 heavy (non-hydrogen) atoms. The highest BCUT2D eigenvalue weighted by Gasteiger charge is 1.84. The topological polar surface area (TPSA) is 0 Å². The summed E-state index contributed by atoms with van der Waals surface area (Å²) in [6, 6.07) is 10.4. The van der Waals surface area contributed by atoms with Gasteiger partial charge >= 0.3 is 0 Å². The Morgan fingerprint density at radius 3 is 2.54 bits per heavy atom. The van der Waals surface area contributed by atoms with Gasteiger partial charge in [-0.3, -0.25) is 0 Å². The first-order valence-corrected chi connectivity index (χ1v) is 4.93. The zero-order valence-corrected chi connectivity index (χ0v) is 8.22. The van der Waals surface area contributed by atoms with E-state index in [1.807, 2.05) is 6.07 Å². The van der Waals surface area contributed by atoms with Gasteiger partial charge in [-0.25, -0.2) is 0 Å². The van der Waals surface area contributed by atoms with Gasteiger partial charge in [-0.1, -0.05) is 49.6 Å². The van der Waals surface area contributed by atoms with E-state index in [9.17, 15) is 0 Å². The van der Waals surface area contributed by atoms with Gasteiger partial charge in [0.1, 0.15) is 0 Å². The number of rotatable bonds is 3. The van der Waals surface area contributed by atoms with Crippen LogP contribution in [0.2, 0.25) is 0 Å². The number of benzene rings is 1. The maximum Gasteiger partial charge on any atom is 0.0340 e. The molecule has 1 aromatic rings. The van der Waals surface area contributed by atoms with Crippen LogP contribution in [0.15, 0.2) is 30.3 Å². The Morgan fingerprint density at radius 2 is 1.85 bits per heavy atom. The van der Waals surface area contributed by atoms with Crippen molar-refractivity contribution in [2.75, 3.05) is 0 Å². The Labute approximate surface area is 81.0 Å². The third kappa shape index (κ3) is 4.38. The quantitative estimate of drug-likeness (QED) is 0.484. The van der Waals surface area contributed by atoms with Gasteiger partial charge < -0.3 is 0 Å². The molecule has 0 nitrogen and oxygen atoms in total. The highest BCUT2D eigenvalue weighted by Crippen LogP contribution is 1.98. The largest absolute Gasteiger partial charge is 0.103 e. The Hall–Kier alpha value is -1.22. The van der Waals surface area contributed by atoms with Crippen molar-refractivity contribution in [2.24, 2.45) is 0 Å². The molecule has 0 aliphatic heterocycles. The van der Waals surface area contributed by atoms with Crippen LogP contribution in [-0.2, 0) is 6.42 Å². The molecule has 68 valence electrons. The normalized spacial score (nSPS) is 9.00. The van der Waals surface area contributed by atoms with Crippen molar-refractivity contribution in [2.45, 2.75) is 32.6 Å². The van der Waals surface area contributed by atoms with Crippen LogP contribution < -0.4 is 0 Å². The van der Waals surface area contributed by atoms with Crippen molar-refractivity contribution in [3.63, 3.8) is 0 Å². The summed E-state index contributed by atoms with van der Waals surface area (Å²) < 4.78 is 0. The van der Waals surface area contributed by atoms with Gasteiger partial charge in [0, 0.05) is 12.8 Å². The van der Waals surface area contributed by atoms with E-state index in [2.05, 4.69) is 43.0 Å². The molecule has 0 heterocycles. The molecule has 0 bridgehead atoms. The average molecular weight is 172 g/mol. The minimum Gasteiger partial charge on any atom is -0.103 e. The Morgan fingerprint density at radius 1 is 1.08 bits per heavy atom. The lowest BCUT2D eigenvalue weighted by molar-refractivity contribution is 0.827. The number of unbranched alkanes of at least 4 members (excludes halogenated alkanes) is 2. The molecule has 0 heteroatoms. The third-order valence-electron chi connectivity index (χ3n) is 1.92. The lowest BCUT2D eigenvalue weighted by Crippen LogP contribution is -1.78. The molecule has 0 unspecified atom stereocenters. The summed E-state index contributed by atoms with van der Waals surface area (Å²) in [6.07, 6.45) is 4.40. The van der Waals surface area contributed by atoms with Crippen molar-refractivity contribution in [3.8, 4) is 11.8 Å². The summed E-state index contributed by atoms with van der Waals surface area (Å²) in [7, 11) is 0. The Bertz CT molecular complexity index is 274. The van der Waals surface area contributed by atoms with Crippen LogP contribution in [-0.4, -0.2) is 0 Å². The van der Waals surface area contributed by atoms with Gasteiger partial charge in [-0.05, 0) is 12.0 Å². The SMILES string of the molecule is CCCCC#CCc1ccccc1. The van der Waals surface area contributed by atoms with Crippen molar-refractivity contribution >= 4 is 0 Å². The van der Waals surface area contributed by atoms with E-state index in [4.69, 9.17) is 0 Å². The molecular weight excluding hydrogens is 156 g/mol. The van der Waals surface area contributed by atoms with Crippen LogP contribution >= 0.6 is 0 Å². The van der Waals surface area contributed by atoms with E-state index in [1.165, 1.54) is 18.4 Å². The molecule has 0 spiro atoms. The van der Waals surface area contributed by atoms with Gasteiger partial charge in [0.15, 0.2) is 0 Å². The molecule has 0 aliphatic carbocycles. The fourth-order valence-electron chi connectivity index (χ4n) is 1.11. The van der Waals surface area contributed by atoms with E-state index >= 15 is 0 Å². The standard InChI is InChI=1S/C13H16/c1-2-3-4-5-7-10-13-11-8-6-9-12-13/h6,8-9,11-12H,2-4,10H2,1H3.